The van der Waals surface area contributed by atoms with E-state index in [4.69, 9.17) is 23.0 Å². The van der Waals surface area contributed by atoms with E-state index >= 15 is 0 Å². The summed E-state index contributed by atoms with van der Waals surface area (Å²) in [6.07, 6.45) is 0. The van der Waals surface area contributed by atoms with Crippen molar-refractivity contribution < 1.29 is 23.0 Å². The van der Waals surface area contributed by atoms with Crippen LogP contribution in [0.3, 0.4) is 0 Å². The molecular weight excluding hydrogens is 461 g/mol. The molecule has 0 aromatic carbocycles. The van der Waals surface area contributed by atoms with Crippen LogP contribution in [0.15, 0.2) is 0 Å². The van der Waals surface area contributed by atoms with Gasteiger partial charge in [0, 0.05) is 0 Å². The summed E-state index contributed by atoms with van der Waals surface area (Å²) in [5, 5.41) is 0. The number of hydrogen-bond donors (Lipinski definition) is 0. The summed E-state index contributed by atoms with van der Waals surface area (Å²) in [4.78, 5) is 0. The van der Waals surface area contributed by atoms with E-state index in [1.54, 1.807) is 0 Å². The zero-order valence-electron chi connectivity index (χ0n) is 10.7. The minimum absolute atomic E-state index is 0.570. The monoisotopic (exact) mass is 482 g/mol. The molecule has 0 atom stereocenters. The van der Waals surface area contributed by atoms with Gasteiger partial charge in [-0.05, 0) is 0 Å². The van der Waals surface area contributed by atoms with Crippen molar-refractivity contribution in [1.29, 1.82) is 0 Å². The van der Waals surface area contributed by atoms with Crippen LogP contribution in [0.1, 0.15) is 27.7 Å². The van der Waals surface area contributed by atoms with Crippen molar-refractivity contribution in [3.05, 3.63) is 0 Å². The standard InChI is InChI=1S/2C4H10O3P.Pb/c2*1-3-6-8(5)7-4-2;/h2*3-4H2,1-2H3;/q2*-1;+2. The molecule has 0 saturated heterocycles. The van der Waals surface area contributed by atoms with Gasteiger partial charge >= 0.3 is 120 Å². The van der Waals surface area contributed by atoms with Crippen LogP contribution < -0.4 is 0 Å². The molecule has 0 heterocycles. The van der Waals surface area contributed by atoms with E-state index in [9.17, 15) is 0 Å². The van der Waals surface area contributed by atoms with Gasteiger partial charge < -0.3 is 0 Å². The number of hydrogen-bond acceptors (Lipinski definition) is 6. The summed E-state index contributed by atoms with van der Waals surface area (Å²) < 4.78 is 32.2. The van der Waals surface area contributed by atoms with E-state index in [-0.39, 0.29) is 0 Å². The van der Waals surface area contributed by atoms with Gasteiger partial charge in [-0.15, -0.1) is 0 Å². The van der Waals surface area contributed by atoms with E-state index in [0.29, 0.717) is 26.4 Å². The Bertz CT molecular complexity index is 139. The molecule has 17 heavy (non-hydrogen) atoms. The summed E-state index contributed by atoms with van der Waals surface area (Å²) in [5.41, 5.74) is 0. The van der Waals surface area contributed by atoms with Gasteiger partial charge in [-0.3, -0.25) is 0 Å². The van der Waals surface area contributed by atoms with Crippen LogP contribution in [0.4, 0.5) is 0 Å². The summed E-state index contributed by atoms with van der Waals surface area (Å²) in [7, 11) is -2.50. The molecular formula is C8H20O6P2Pb. The molecule has 102 valence electrons. The minimum atomic E-state index is -1.71. The Hall–Kier alpha value is 1.54. The first kappa shape index (κ1) is 18.5. The molecule has 0 saturated carbocycles. The quantitative estimate of drug-likeness (QED) is 0.316. The molecule has 0 bridgehead atoms. The van der Waals surface area contributed by atoms with Gasteiger partial charge in [-0.2, -0.15) is 0 Å². The van der Waals surface area contributed by atoms with Crippen LogP contribution >= 0.6 is 17.2 Å². The molecule has 2 radical (unpaired) electrons. The number of rotatable bonds is 12. The zero-order valence-corrected chi connectivity index (χ0v) is 16.3. The normalized spacial score (nSPS) is 11.6. The van der Waals surface area contributed by atoms with E-state index in [1.165, 1.54) is 0 Å². The molecule has 6 nitrogen and oxygen atoms in total. The van der Waals surface area contributed by atoms with Crippen LogP contribution in [0.5, 0.6) is 0 Å². The van der Waals surface area contributed by atoms with E-state index in [1.807, 2.05) is 27.7 Å². The van der Waals surface area contributed by atoms with Crippen LogP contribution in [0.2, 0.25) is 0 Å². The second-order valence-electron chi connectivity index (χ2n) is 2.38. The SMILES string of the molecule is CCOP(OCC)[O][Pb][O]P(OCC)OCC. The summed E-state index contributed by atoms with van der Waals surface area (Å²) >= 11 is -1.71. The van der Waals surface area contributed by atoms with Crippen molar-refractivity contribution in [2.75, 3.05) is 26.4 Å². The molecule has 0 unspecified atom stereocenters. The Morgan fingerprint density at radius 2 is 0.941 bits per heavy atom. The fourth-order valence-corrected chi connectivity index (χ4v) is 7.18. The molecule has 0 fully saturated rings. The van der Waals surface area contributed by atoms with Crippen molar-refractivity contribution in [3.63, 3.8) is 0 Å². The average molecular weight is 481 g/mol. The van der Waals surface area contributed by atoms with E-state index in [0.717, 1.165) is 0 Å². The first-order valence-corrected chi connectivity index (χ1v) is 10.9. The molecule has 0 aliphatic carbocycles. The maximum absolute atomic E-state index is 5.49. The van der Waals surface area contributed by atoms with Crippen molar-refractivity contribution in [2.24, 2.45) is 0 Å². The second-order valence-corrected chi connectivity index (χ2v) is 9.58. The zero-order chi connectivity index (χ0) is 12.9. The van der Waals surface area contributed by atoms with Crippen LogP contribution in [-0.2, 0) is 23.0 Å². The molecule has 9 heteroatoms. The Morgan fingerprint density at radius 1 is 0.647 bits per heavy atom. The fraction of sp³-hybridized carbons (Fsp3) is 1.00. The summed E-state index contributed by atoms with van der Waals surface area (Å²) in [5.74, 6) is 0. The van der Waals surface area contributed by atoms with Gasteiger partial charge in [0.2, 0.25) is 0 Å². The van der Waals surface area contributed by atoms with Crippen LogP contribution in [-0.4, -0.2) is 51.6 Å². The van der Waals surface area contributed by atoms with Gasteiger partial charge in [0.1, 0.15) is 0 Å². The van der Waals surface area contributed by atoms with Crippen LogP contribution in [0, 0.1) is 0 Å². The molecule has 0 aliphatic rings. The van der Waals surface area contributed by atoms with Crippen LogP contribution in [0.25, 0.3) is 0 Å². The summed E-state index contributed by atoms with van der Waals surface area (Å²) in [6, 6.07) is 0. The van der Waals surface area contributed by atoms with Crippen molar-refractivity contribution >= 4 is 42.3 Å². The molecule has 0 N–H and O–H groups in total. The molecule has 0 aromatic heterocycles. The second kappa shape index (κ2) is 14.0. The molecule has 0 amide bonds. The fourth-order valence-electron chi connectivity index (χ4n) is 0.679. The van der Waals surface area contributed by atoms with Gasteiger partial charge in [-0.25, -0.2) is 0 Å². The van der Waals surface area contributed by atoms with Gasteiger partial charge in [0.05, 0.1) is 0 Å². The van der Waals surface area contributed by atoms with E-state index in [2.05, 4.69) is 0 Å². The Kier molecular flexibility index (Phi) is 15.2. The Morgan fingerprint density at radius 3 is 1.18 bits per heavy atom. The van der Waals surface area contributed by atoms with Crippen molar-refractivity contribution in [1.82, 2.24) is 0 Å². The predicted molar refractivity (Wildman–Crippen MR) is 68.3 cm³/mol. The van der Waals surface area contributed by atoms with Gasteiger partial charge in [0.15, 0.2) is 0 Å². The molecule has 0 aliphatic heterocycles. The Labute approximate surface area is 119 Å². The van der Waals surface area contributed by atoms with Crippen molar-refractivity contribution in [3.8, 4) is 0 Å². The first-order valence-electron chi connectivity index (χ1n) is 5.49. The first-order chi connectivity index (χ1) is 8.28. The molecule has 0 spiro atoms. The Balaban J connectivity index is 3.73. The third kappa shape index (κ3) is 11.1. The van der Waals surface area contributed by atoms with Gasteiger partial charge in [-0.1, -0.05) is 0 Å². The van der Waals surface area contributed by atoms with Gasteiger partial charge in [0.25, 0.3) is 0 Å². The molecule has 0 rings (SSSR count). The predicted octanol–water partition coefficient (Wildman–Crippen LogP) is 3.15. The topological polar surface area (TPSA) is 55.4 Å². The average Bonchev–Trinajstić information content (AvgIpc) is 2.30. The maximum atomic E-state index is 5.49. The third-order valence-corrected chi connectivity index (χ3v) is 8.70. The third-order valence-electron chi connectivity index (χ3n) is 1.16. The van der Waals surface area contributed by atoms with Crippen molar-refractivity contribution in [2.45, 2.75) is 27.7 Å². The van der Waals surface area contributed by atoms with E-state index < -0.39 is 42.3 Å². The summed E-state index contributed by atoms with van der Waals surface area (Å²) in [6.45, 7) is 9.89. The molecule has 0 aromatic rings.